The number of para-hydroxylation sites is 1. The number of nitrogens with one attached hydrogen (secondary N) is 1. The first-order chi connectivity index (χ1) is 9.78. The molecule has 2 rings (SSSR count). The molecule has 2 aromatic rings. The highest BCUT2D eigenvalue weighted by molar-refractivity contribution is 7.11. The molecule has 0 aliphatic carbocycles. The SMILES string of the molecule is CCNC(CC)c1nnc(Cc2ccccc2OC)s1. The Hall–Kier alpha value is -1.46. The van der Waals surface area contributed by atoms with Crippen molar-refractivity contribution >= 4 is 11.3 Å². The van der Waals surface area contributed by atoms with Crippen LogP contribution in [-0.2, 0) is 6.42 Å². The summed E-state index contributed by atoms with van der Waals surface area (Å²) in [5, 5.41) is 14.2. The number of rotatable bonds is 7. The van der Waals surface area contributed by atoms with Crippen molar-refractivity contribution in [2.75, 3.05) is 13.7 Å². The van der Waals surface area contributed by atoms with Crippen molar-refractivity contribution in [1.82, 2.24) is 15.5 Å². The normalized spacial score (nSPS) is 12.3. The van der Waals surface area contributed by atoms with E-state index in [0.29, 0.717) is 6.04 Å². The van der Waals surface area contributed by atoms with Crippen LogP contribution >= 0.6 is 11.3 Å². The van der Waals surface area contributed by atoms with E-state index in [1.165, 1.54) is 0 Å². The van der Waals surface area contributed by atoms with Crippen LogP contribution < -0.4 is 10.1 Å². The Labute approximate surface area is 124 Å². The molecule has 5 heteroatoms. The first-order valence-corrected chi connectivity index (χ1v) is 7.77. The zero-order valence-corrected chi connectivity index (χ0v) is 13.0. The molecular weight excluding hydrogens is 270 g/mol. The van der Waals surface area contributed by atoms with Gasteiger partial charge in [-0.25, -0.2) is 0 Å². The van der Waals surface area contributed by atoms with Gasteiger partial charge in [-0.2, -0.15) is 0 Å². The molecule has 0 aliphatic rings. The summed E-state index contributed by atoms with van der Waals surface area (Å²) in [6, 6.07) is 8.36. The lowest BCUT2D eigenvalue weighted by Gasteiger charge is -2.11. The van der Waals surface area contributed by atoms with Crippen LogP contribution in [-0.4, -0.2) is 23.9 Å². The number of hydrogen-bond acceptors (Lipinski definition) is 5. The molecule has 0 spiro atoms. The van der Waals surface area contributed by atoms with Gasteiger partial charge >= 0.3 is 0 Å². The summed E-state index contributed by atoms with van der Waals surface area (Å²) in [5.41, 5.74) is 1.15. The summed E-state index contributed by atoms with van der Waals surface area (Å²) >= 11 is 1.68. The highest BCUT2D eigenvalue weighted by Gasteiger charge is 2.14. The average molecular weight is 291 g/mol. The van der Waals surface area contributed by atoms with Gasteiger partial charge in [-0.3, -0.25) is 0 Å². The van der Waals surface area contributed by atoms with E-state index in [4.69, 9.17) is 4.74 Å². The third kappa shape index (κ3) is 3.55. The summed E-state index contributed by atoms with van der Waals surface area (Å²) in [6.07, 6.45) is 1.79. The maximum absolute atomic E-state index is 5.38. The molecule has 1 aromatic carbocycles. The third-order valence-electron chi connectivity index (χ3n) is 3.17. The van der Waals surface area contributed by atoms with Gasteiger partial charge in [0.2, 0.25) is 0 Å². The summed E-state index contributed by atoms with van der Waals surface area (Å²) in [5.74, 6) is 0.906. The fourth-order valence-electron chi connectivity index (χ4n) is 2.14. The van der Waals surface area contributed by atoms with Gasteiger partial charge in [-0.15, -0.1) is 10.2 Å². The molecule has 108 valence electrons. The molecule has 0 aliphatic heterocycles. The molecule has 0 saturated carbocycles. The van der Waals surface area contributed by atoms with Gasteiger partial charge in [-0.05, 0) is 19.0 Å². The van der Waals surface area contributed by atoms with Crippen LogP contribution in [0.3, 0.4) is 0 Å². The molecule has 1 heterocycles. The lowest BCUT2D eigenvalue weighted by Crippen LogP contribution is -2.19. The Kier molecular flexibility index (Phi) is 5.49. The highest BCUT2D eigenvalue weighted by atomic mass is 32.1. The van der Waals surface area contributed by atoms with Crippen LogP contribution in [0.25, 0.3) is 0 Å². The van der Waals surface area contributed by atoms with Crippen molar-refractivity contribution in [2.24, 2.45) is 0 Å². The number of nitrogens with zero attached hydrogens (tertiary/aromatic N) is 2. The fourth-order valence-corrected chi connectivity index (χ4v) is 3.17. The second-order valence-electron chi connectivity index (χ2n) is 4.54. The van der Waals surface area contributed by atoms with Crippen molar-refractivity contribution in [3.63, 3.8) is 0 Å². The molecule has 1 N–H and O–H groups in total. The van der Waals surface area contributed by atoms with E-state index in [-0.39, 0.29) is 0 Å². The third-order valence-corrected chi connectivity index (χ3v) is 4.21. The smallest absolute Gasteiger partial charge is 0.134 e. The van der Waals surface area contributed by atoms with Crippen LogP contribution in [0.4, 0.5) is 0 Å². The molecule has 1 unspecified atom stereocenters. The Morgan fingerprint density at radius 3 is 2.75 bits per heavy atom. The average Bonchev–Trinajstić information content (AvgIpc) is 2.93. The molecule has 0 radical (unpaired) electrons. The Morgan fingerprint density at radius 1 is 1.25 bits per heavy atom. The fraction of sp³-hybridized carbons (Fsp3) is 0.467. The zero-order chi connectivity index (χ0) is 14.4. The van der Waals surface area contributed by atoms with Crippen molar-refractivity contribution in [3.8, 4) is 5.75 Å². The number of ether oxygens (including phenoxy) is 1. The first-order valence-electron chi connectivity index (χ1n) is 6.96. The second-order valence-corrected chi connectivity index (χ2v) is 5.63. The summed E-state index contributed by atoms with van der Waals surface area (Å²) in [4.78, 5) is 0. The quantitative estimate of drug-likeness (QED) is 0.851. The van der Waals surface area contributed by atoms with Gasteiger partial charge in [0.15, 0.2) is 0 Å². The minimum absolute atomic E-state index is 0.309. The molecule has 1 atom stereocenters. The molecule has 4 nitrogen and oxygen atoms in total. The number of aromatic nitrogens is 2. The lowest BCUT2D eigenvalue weighted by molar-refractivity contribution is 0.410. The largest absolute Gasteiger partial charge is 0.496 e. The predicted molar refractivity (Wildman–Crippen MR) is 82.4 cm³/mol. The van der Waals surface area contributed by atoms with Gasteiger partial charge in [0, 0.05) is 12.0 Å². The van der Waals surface area contributed by atoms with E-state index in [2.05, 4.69) is 35.4 Å². The van der Waals surface area contributed by atoms with Crippen LogP contribution in [0.15, 0.2) is 24.3 Å². The van der Waals surface area contributed by atoms with E-state index in [1.54, 1.807) is 18.4 Å². The van der Waals surface area contributed by atoms with Crippen LogP contribution in [0.5, 0.6) is 5.75 Å². The number of benzene rings is 1. The van der Waals surface area contributed by atoms with E-state index >= 15 is 0 Å². The molecule has 0 bridgehead atoms. The van der Waals surface area contributed by atoms with E-state index < -0.39 is 0 Å². The van der Waals surface area contributed by atoms with E-state index in [1.807, 2.05) is 18.2 Å². The zero-order valence-electron chi connectivity index (χ0n) is 12.2. The van der Waals surface area contributed by atoms with Crippen LogP contribution in [0.2, 0.25) is 0 Å². The van der Waals surface area contributed by atoms with Gasteiger partial charge in [0.1, 0.15) is 15.8 Å². The van der Waals surface area contributed by atoms with Crippen molar-refractivity contribution in [1.29, 1.82) is 0 Å². The Balaban J connectivity index is 2.13. The minimum Gasteiger partial charge on any atom is -0.496 e. The first kappa shape index (κ1) is 14.9. The van der Waals surface area contributed by atoms with E-state index in [9.17, 15) is 0 Å². The van der Waals surface area contributed by atoms with Crippen molar-refractivity contribution in [3.05, 3.63) is 39.8 Å². The van der Waals surface area contributed by atoms with Crippen molar-refractivity contribution in [2.45, 2.75) is 32.7 Å². The predicted octanol–water partition coefficient (Wildman–Crippen LogP) is 3.20. The monoisotopic (exact) mass is 291 g/mol. The summed E-state index contributed by atoms with van der Waals surface area (Å²) in [6.45, 7) is 5.22. The highest BCUT2D eigenvalue weighted by Crippen LogP contribution is 2.25. The summed E-state index contributed by atoms with van der Waals surface area (Å²) in [7, 11) is 1.70. The van der Waals surface area contributed by atoms with Crippen LogP contribution in [0, 0.1) is 0 Å². The topological polar surface area (TPSA) is 47.0 Å². The molecular formula is C15H21N3OS. The lowest BCUT2D eigenvalue weighted by atomic mass is 10.1. The Bertz CT molecular complexity index is 541. The van der Waals surface area contributed by atoms with Gasteiger partial charge in [0.25, 0.3) is 0 Å². The molecule has 20 heavy (non-hydrogen) atoms. The molecule has 1 aromatic heterocycles. The van der Waals surface area contributed by atoms with E-state index in [0.717, 1.165) is 40.7 Å². The second kappa shape index (κ2) is 7.36. The summed E-state index contributed by atoms with van der Waals surface area (Å²) < 4.78 is 5.38. The van der Waals surface area contributed by atoms with Gasteiger partial charge in [-0.1, -0.05) is 43.4 Å². The maximum atomic E-state index is 5.38. The molecule has 0 amide bonds. The van der Waals surface area contributed by atoms with Gasteiger partial charge < -0.3 is 10.1 Å². The molecule has 0 saturated heterocycles. The maximum Gasteiger partial charge on any atom is 0.134 e. The standard InChI is InChI=1S/C15H21N3OS/c1-4-12(16-5-2)15-18-17-14(20-15)10-11-8-6-7-9-13(11)19-3/h6-9,12,16H,4-5,10H2,1-3H3. The minimum atomic E-state index is 0.309. The number of hydrogen-bond donors (Lipinski definition) is 1. The van der Waals surface area contributed by atoms with Crippen LogP contribution in [0.1, 0.15) is 41.9 Å². The van der Waals surface area contributed by atoms with Crippen molar-refractivity contribution < 1.29 is 4.74 Å². The number of methoxy groups -OCH3 is 1. The Morgan fingerprint density at radius 2 is 2.05 bits per heavy atom. The molecule has 0 fully saturated rings. The van der Waals surface area contributed by atoms with Gasteiger partial charge in [0.05, 0.1) is 13.2 Å².